The molecule has 1 fully saturated rings. The lowest BCUT2D eigenvalue weighted by Crippen LogP contribution is -2.31. The van der Waals surface area contributed by atoms with Gasteiger partial charge in [-0.05, 0) is 5.92 Å². The maximum atomic E-state index is 11.1. The fraction of sp³-hybridized carbons (Fsp3) is 0.500. The monoisotopic (exact) mass is 169 g/mol. The standard InChI is InChI=1S/C8H11NO3/c1-5(2)7-8(11)12-6(9-7)3-4-10/h3-5,7,9H,1-2H3. The van der Waals surface area contributed by atoms with E-state index in [0.717, 1.165) is 0 Å². The van der Waals surface area contributed by atoms with Crippen LogP contribution in [0.4, 0.5) is 0 Å². The van der Waals surface area contributed by atoms with Gasteiger partial charge in [-0.15, -0.1) is 0 Å². The van der Waals surface area contributed by atoms with Crippen LogP contribution in [0.2, 0.25) is 0 Å². The Balaban J connectivity index is 2.68. The van der Waals surface area contributed by atoms with Crippen LogP contribution in [0.5, 0.6) is 0 Å². The minimum Gasteiger partial charge on any atom is -0.408 e. The quantitative estimate of drug-likeness (QED) is 0.364. The average Bonchev–Trinajstić information content (AvgIpc) is 2.32. The second-order valence-electron chi connectivity index (χ2n) is 2.95. The Kier molecular flexibility index (Phi) is 2.47. The number of rotatable bonds is 2. The van der Waals surface area contributed by atoms with Gasteiger partial charge in [0.05, 0.1) is 0 Å². The van der Waals surface area contributed by atoms with Gasteiger partial charge >= 0.3 is 5.97 Å². The Labute approximate surface area is 70.6 Å². The summed E-state index contributed by atoms with van der Waals surface area (Å²) >= 11 is 0. The van der Waals surface area contributed by atoms with Gasteiger partial charge in [-0.1, -0.05) is 13.8 Å². The number of allylic oxidation sites excluding steroid dienone is 1. The van der Waals surface area contributed by atoms with E-state index in [-0.39, 0.29) is 23.8 Å². The van der Waals surface area contributed by atoms with Crippen molar-refractivity contribution in [2.45, 2.75) is 19.9 Å². The number of hydrogen-bond donors (Lipinski definition) is 1. The van der Waals surface area contributed by atoms with Crippen LogP contribution < -0.4 is 5.32 Å². The molecular formula is C8H11NO3. The first kappa shape index (κ1) is 8.77. The fourth-order valence-corrected chi connectivity index (χ4v) is 0.996. The van der Waals surface area contributed by atoms with Gasteiger partial charge < -0.3 is 10.1 Å². The largest absolute Gasteiger partial charge is 0.408 e. The first-order valence-corrected chi connectivity index (χ1v) is 3.79. The van der Waals surface area contributed by atoms with E-state index in [1.165, 1.54) is 6.08 Å². The zero-order chi connectivity index (χ0) is 9.14. The van der Waals surface area contributed by atoms with Gasteiger partial charge in [-0.3, -0.25) is 4.79 Å². The molecule has 0 amide bonds. The summed E-state index contributed by atoms with van der Waals surface area (Å²) in [7, 11) is 0. The maximum absolute atomic E-state index is 11.1. The lowest BCUT2D eigenvalue weighted by atomic mass is 10.1. The summed E-state index contributed by atoms with van der Waals surface area (Å²) in [5, 5.41) is 2.80. The Hall–Kier alpha value is -1.32. The Morgan fingerprint density at radius 2 is 2.25 bits per heavy atom. The van der Waals surface area contributed by atoms with E-state index in [2.05, 4.69) is 5.32 Å². The van der Waals surface area contributed by atoms with Crippen molar-refractivity contribution in [2.75, 3.05) is 0 Å². The Morgan fingerprint density at radius 1 is 1.58 bits per heavy atom. The fourth-order valence-electron chi connectivity index (χ4n) is 0.996. The van der Waals surface area contributed by atoms with Crippen molar-refractivity contribution in [3.8, 4) is 0 Å². The van der Waals surface area contributed by atoms with E-state index in [0.29, 0.717) is 6.29 Å². The molecule has 0 aromatic rings. The Morgan fingerprint density at radius 3 is 2.67 bits per heavy atom. The van der Waals surface area contributed by atoms with Crippen molar-refractivity contribution in [3.05, 3.63) is 12.0 Å². The number of carbonyl (C=O) groups excluding carboxylic acids is 2. The summed E-state index contributed by atoms with van der Waals surface area (Å²) in [4.78, 5) is 21.1. The van der Waals surface area contributed by atoms with E-state index in [1.54, 1.807) is 0 Å². The minimum atomic E-state index is -0.323. The van der Waals surface area contributed by atoms with Crippen LogP contribution in [0.15, 0.2) is 12.0 Å². The molecule has 1 N–H and O–H groups in total. The van der Waals surface area contributed by atoms with E-state index >= 15 is 0 Å². The molecule has 66 valence electrons. The van der Waals surface area contributed by atoms with Crippen molar-refractivity contribution < 1.29 is 14.3 Å². The molecule has 0 radical (unpaired) electrons. The van der Waals surface area contributed by atoms with Crippen LogP contribution in [0, 0.1) is 5.92 Å². The molecule has 0 bridgehead atoms. The zero-order valence-electron chi connectivity index (χ0n) is 7.03. The van der Waals surface area contributed by atoms with Gasteiger partial charge in [-0.2, -0.15) is 0 Å². The van der Waals surface area contributed by atoms with E-state index in [9.17, 15) is 9.59 Å². The second-order valence-corrected chi connectivity index (χ2v) is 2.95. The molecule has 0 aromatic carbocycles. The van der Waals surface area contributed by atoms with E-state index < -0.39 is 0 Å². The zero-order valence-corrected chi connectivity index (χ0v) is 7.03. The van der Waals surface area contributed by atoms with Gasteiger partial charge in [0.15, 0.2) is 0 Å². The van der Waals surface area contributed by atoms with Crippen molar-refractivity contribution in [2.24, 2.45) is 5.92 Å². The summed E-state index contributed by atoms with van der Waals surface area (Å²) in [6, 6.07) is -0.323. The van der Waals surface area contributed by atoms with Gasteiger partial charge in [0.1, 0.15) is 12.3 Å². The lowest BCUT2D eigenvalue weighted by molar-refractivity contribution is -0.137. The van der Waals surface area contributed by atoms with Gasteiger partial charge in [0.25, 0.3) is 0 Å². The van der Waals surface area contributed by atoms with Crippen LogP contribution in [0.3, 0.4) is 0 Å². The highest BCUT2D eigenvalue weighted by Crippen LogP contribution is 2.14. The lowest BCUT2D eigenvalue weighted by Gasteiger charge is -2.08. The number of carbonyl (C=O) groups is 2. The molecule has 0 aliphatic carbocycles. The molecule has 1 heterocycles. The number of aldehydes is 1. The van der Waals surface area contributed by atoms with Gasteiger partial charge in [0.2, 0.25) is 5.88 Å². The number of ether oxygens (including phenoxy) is 1. The number of cyclic esters (lactones) is 1. The smallest absolute Gasteiger partial charge is 0.335 e. The molecule has 1 atom stereocenters. The molecular weight excluding hydrogens is 158 g/mol. The SMILES string of the molecule is CC(C)C1NC(=CC=O)OC1=O. The second kappa shape index (κ2) is 3.38. The molecule has 4 heteroatoms. The third kappa shape index (κ3) is 1.64. The highest BCUT2D eigenvalue weighted by Gasteiger charge is 2.31. The summed E-state index contributed by atoms with van der Waals surface area (Å²) in [6.07, 6.45) is 1.78. The van der Waals surface area contributed by atoms with Crippen molar-refractivity contribution in [1.82, 2.24) is 5.32 Å². The van der Waals surface area contributed by atoms with Crippen molar-refractivity contribution >= 4 is 12.3 Å². The first-order chi connectivity index (χ1) is 5.65. The first-order valence-electron chi connectivity index (χ1n) is 3.79. The molecule has 0 aromatic heterocycles. The summed E-state index contributed by atoms with van der Waals surface area (Å²) < 4.78 is 4.76. The number of nitrogens with one attached hydrogen (secondary N) is 1. The predicted molar refractivity (Wildman–Crippen MR) is 42.0 cm³/mol. The van der Waals surface area contributed by atoms with Crippen LogP contribution >= 0.6 is 0 Å². The highest BCUT2D eigenvalue weighted by molar-refractivity contribution is 5.81. The molecule has 4 nitrogen and oxygen atoms in total. The van der Waals surface area contributed by atoms with Crippen LogP contribution in [-0.2, 0) is 14.3 Å². The molecule has 1 aliphatic rings. The van der Waals surface area contributed by atoms with Gasteiger partial charge in [0, 0.05) is 6.08 Å². The molecule has 0 saturated carbocycles. The van der Waals surface area contributed by atoms with Crippen LogP contribution in [0.25, 0.3) is 0 Å². The summed E-state index contributed by atoms with van der Waals surface area (Å²) in [5.41, 5.74) is 0. The normalized spacial score (nSPS) is 25.8. The van der Waals surface area contributed by atoms with Gasteiger partial charge in [-0.25, -0.2) is 4.79 Å². The Bertz CT molecular complexity index is 232. The van der Waals surface area contributed by atoms with Crippen molar-refractivity contribution in [1.29, 1.82) is 0 Å². The topological polar surface area (TPSA) is 55.4 Å². The molecule has 1 rings (SSSR count). The third-order valence-corrected chi connectivity index (χ3v) is 1.65. The summed E-state index contributed by atoms with van der Waals surface area (Å²) in [6.45, 7) is 3.81. The van der Waals surface area contributed by atoms with E-state index in [4.69, 9.17) is 4.74 Å². The molecule has 1 unspecified atom stereocenters. The van der Waals surface area contributed by atoms with Crippen LogP contribution in [0.1, 0.15) is 13.8 Å². The van der Waals surface area contributed by atoms with Crippen molar-refractivity contribution in [3.63, 3.8) is 0 Å². The van der Waals surface area contributed by atoms with Crippen LogP contribution in [-0.4, -0.2) is 18.3 Å². The molecule has 12 heavy (non-hydrogen) atoms. The molecule has 1 saturated heterocycles. The average molecular weight is 169 g/mol. The number of esters is 1. The molecule has 1 aliphatic heterocycles. The highest BCUT2D eigenvalue weighted by atomic mass is 16.6. The third-order valence-electron chi connectivity index (χ3n) is 1.65. The van der Waals surface area contributed by atoms with E-state index in [1.807, 2.05) is 13.8 Å². The number of hydrogen-bond acceptors (Lipinski definition) is 4. The summed E-state index contributed by atoms with van der Waals surface area (Å²) in [5.74, 6) is 0.0850. The maximum Gasteiger partial charge on any atom is 0.335 e. The predicted octanol–water partition coefficient (Wildman–Crippen LogP) is 0.198. The molecule has 0 spiro atoms. The minimum absolute atomic E-state index is 0.162.